The normalized spacial score (nSPS) is 10.9. The number of aryl methyl sites for hydroxylation is 3. The van der Waals surface area contributed by atoms with E-state index in [1.54, 1.807) is 0 Å². The monoisotopic (exact) mass is 284 g/mol. The van der Waals surface area contributed by atoms with E-state index in [2.05, 4.69) is 38.0 Å². The quantitative estimate of drug-likeness (QED) is 0.829. The number of nitrogens with zero attached hydrogens (tertiary/aromatic N) is 3. The zero-order chi connectivity index (χ0) is 15.2. The molecule has 0 aliphatic heterocycles. The van der Waals surface area contributed by atoms with Gasteiger partial charge in [0.1, 0.15) is 0 Å². The van der Waals surface area contributed by atoms with Gasteiger partial charge in [0, 0.05) is 29.3 Å². The second-order valence-electron chi connectivity index (χ2n) is 5.19. The summed E-state index contributed by atoms with van der Waals surface area (Å²) in [5.74, 6) is 0.816. The Hall–Kier alpha value is -1.81. The van der Waals surface area contributed by atoms with Gasteiger partial charge in [-0.25, -0.2) is 9.97 Å². The summed E-state index contributed by atoms with van der Waals surface area (Å²) >= 11 is 0. The van der Waals surface area contributed by atoms with Crippen LogP contribution < -0.4 is 5.32 Å². The van der Waals surface area contributed by atoms with Crippen LogP contribution in [-0.4, -0.2) is 28.0 Å². The molecule has 2 aromatic heterocycles. The molecule has 0 saturated carbocycles. The Morgan fingerprint density at radius 3 is 2.43 bits per heavy atom. The van der Waals surface area contributed by atoms with Gasteiger partial charge in [0.2, 0.25) is 0 Å². The molecular formula is C17H24N4. The molecule has 0 atom stereocenters. The van der Waals surface area contributed by atoms with Crippen LogP contribution in [0.25, 0.3) is 11.4 Å². The van der Waals surface area contributed by atoms with Crippen LogP contribution in [-0.2, 0) is 12.8 Å². The molecule has 0 aliphatic rings. The zero-order valence-electron chi connectivity index (χ0n) is 13.4. The fourth-order valence-electron chi connectivity index (χ4n) is 2.54. The van der Waals surface area contributed by atoms with E-state index in [-0.39, 0.29) is 0 Å². The molecule has 2 heterocycles. The summed E-state index contributed by atoms with van der Waals surface area (Å²) in [7, 11) is 0. The SMILES string of the molecule is CCNCCc1c(C)nc(-c2ccncc2CC)nc1C. The minimum Gasteiger partial charge on any atom is -0.317 e. The van der Waals surface area contributed by atoms with Crippen LogP contribution in [0.3, 0.4) is 0 Å². The summed E-state index contributed by atoms with van der Waals surface area (Å²) in [6.45, 7) is 10.4. The Morgan fingerprint density at radius 1 is 1.10 bits per heavy atom. The van der Waals surface area contributed by atoms with Gasteiger partial charge in [0.25, 0.3) is 0 Å². The molecule has 0 bridgehead atoms. The molecule has 2 rings (SSSR count). The molecule has 0 radical (unpaired) electrons. The topological polar surface area (TPSA) is 50.7 Å². The molecule has 0 aliphatic carbocycles. The van der Waals surface area contributed by atoms with Crippen LogP contribution in [0.5, 0.6) is 0 Å². The maximum Gasteiger partial charge on any atom is 0.160 e. The summed E-state index contributed by atoms with van der Waals surface area (Å²) in [5.41, 5.74) is 5.70. The molecule has 4 nitrogen and oxygen atoms in total. The number of pyridine rings is 1. The maximum atomic E-state index is 4.72. The van der Waals surface area contributed by atoms with E-state index in [1.807, 2.05) is 18.5 Å². The van der Waals surface area contributed by atoms with Crippen LogP contribution in [0.15, 0.2) is 18.5 Å². The molecule has 0 amide bonds. The van der Waals surface area contributed by atoms with Crippen molar-refractivity contribution < 1.29 is 0 Å². The standard InChI is InChI=1S/C17H24N4/c1-5-14-11-19-10-8-16(14)17-20-12(3)15(13(4)21-17)7-9-18-6-2/h8,10-11,18H,5-7,9H2,1-4H3. The van der Waals surface area contributed by atoms with Crippen molar-refractivity contribution >= 4 is 0 Å². The van der Waals surface area contributed by atoms with Crippen molar-refractivity contribution in [3.05, 3.63) is 41.0 Å². The van der Waals surface area contributed by atoms with Gasteiger partial charge in [-0.05, 0) is 57.0 Å². The van der Waals surface area contributed by atoms with Gasteiger partial charge in [-0.1, -0.05) is 13.8 Å². The highest BCUT2D eigenvalue weighted by Crippen LogP contribution is 2.22. The molecule has 1 N–H and O–H groups in total. The number of likely N-dealkylation sites (N-methyl/N-ethyl adjacent to an activating group) is 1. The molecular weight excluding hydrogens is 260 g/mol. The summed E-state index contributed by atoms with van der Waals surface area (Å²) in [6.07, 6.45) is 5.62. The van der Waals surface area contributed by atoms with Crippen molar-refractivity contribution in [1.29, 1.82) is 0 Å². The Kier molecular flexibility index (Phi) is 5.39. The third-order valence-electron chi connectivity index (χ3n) is 3.75. The first-order valence-electron chi connectivity index (χ1n) is 7.65. The van der Waals surface area contributed by atoms with Crippen LogP contribution in [0.1, 0.15) is 36.4 Å². The Morgan fingerprint density at radius 2 is 1.81 bits per heavy atom. The molecule has 4 heteroatoms. The lowest BCUT2D eigenvalue weighted by Crippen LogP contribution is -2.18. The second-order valence-corrected chi connectivity index (χ2v) is 5.19. The van der Waals surface area contributed by atoms with Crippen LogP contribution >= 0.6 is 0 Å². The Labute approximate surface area is 127 Å². The first kappa shape index (κ1) is 15.6. The average Bonchev–Trinajstić information content (AvgIpc) is 2.49. The molecule has 0 aromatic carbocycles. The van der Waals surface area contributed by atoms with Crippen molar-refractivity contribution in [1.82, 2.24) is 20.3 Å². The highest BCUT2D eigenvalue weighted by molar-refractivity contribution is 5.60. The first-order chi connectivity index (χ1) is 10.2. The van der Waals surface area contributed by atoms with Crippen molar-refractivity contribution in [3.63, 3.8) is 0 Å². The summed E-state index contributed by atoms with van der Waals surface area (Å²) < 4.78 is 0. The zero-order valence-corrected chi connectivity index (χ0v) is 13.4. The van der Waals surface area contributed by atoms with Gasteiger partial charge in [-0.2, -0.15) is 0 Å². The lowest BCUT2D eigenvalue weighted by atomic mass is 10.1. The molecule has 21 heavy (non-hydrogen) atoms. The molecule has 0 spiro atoms. The maximum absolute atomic E-state index is 4.72. The number of hydrogen-bond donors (Lipinski definition) is 1. The largest absolute Gasteiger partial charge is 0.317 e. The first-order valence-corrected chi connectivity index (χ1v) is 7.65. The highest BCUT2D eigenvalue weighted by Gasteiger charge is 2.12. The fraction of sp³-hybridized carbons (Fsp3) is 0.471. The fourth-order valence-corrected chi connectivity index (χ4v) is 2.54. The van der Waals surface area contributed by atoms with Crippen molar-refractivity contribution in [2.75, 3.05) is 13.1 Å². The third kappa shape index (κ3) is 3.64. The van der Waals surface area contributed by atoms with Gasteiger partial charge in [0.05, 0.1) is 0 Å². The van der Waals surface area contributed by atoms with Crippen LogP contribution in [0.2, 0.25) is 0 Å². The summed E-state index contributed by atoms with van der Waals surface area (Å²) in [4.78, 5) is 13.6. The van der Waals surface area contributed by atoms with E-state index in [0.29, 0.717) is 0 Å². The number of aromatic nitrogens is 3. The van der Waals surface area contributed by atoms with Gasteiger partial charge in [-0.15, -0.1) is 0 Å². The van der Waals surface area contributed by atoms with E-state index in [4.69, 9.17) is 9.97 Å². The highest BCUT2D eigenvalue weighted by atomic mass is 14.9. The minimum atomic E-state index is 0.816. The smallest absolute Gasteiger partial charge is 0.160 e. The van der Waals surface area contributed by atoms with Crippen LogP contribution in [0, 0.1) is 13.8 Å². The van der Waals surface area contributed by atoms with Gasteiger partial charge < -0.3 is 5.32 Å². The molecule has 2 aromatic rings. The number of nitrogens with one attached hydrogen (secondary N) is 1. The van der Waals surface area contributed by atoms with Crippen molar-refractivity contribution in [3.8, 4) is 11.4 Å². The lowest BCUT2D eigenvalue weighted by Gasteiger charge is -2.12. The predicted octanol–water partition coefficient (Wildman–Crippen LogP) is 2.87. The molecule has 112 valence electrons. The third-order valence-corrected chi connectivity index (χ3v) is 3.75. The predicted molar refractivity (Wildman–Crippen MR) is 86.4 cm³/mol. The summed E-state index contributed by atoms with van der Waals surface area (Å²) in [6, 6.07) is 2.01. The Bertz CT molecular complexity index is 584. The average molecular weight is 284 g/mol. The second kappa shape index (κ2) is 7.27. The van der Waals surface area contributed by atoms with E-state index in [9.17, 15) is 0 Å². The number of rotatable bonds is 6. The minimum absolute atomic E-state index is 0.816. The van der Waals surface area contributed by atoms with Gasteiger partial charge >= 0.3 is 0 Å². The van der Waals surface area contributed by atoms with E-state index in [0.717, 1.165) is 48.7 Å². The molecule has 0 unspecified atom stereocenters. The molecule has 0 saturated heterocycles. The lowest BCUT2D eigenvalue weighted by molar-refractivity contribution is 0.708. The van der Waals surface area contributed by atoms with E-state index >= 15 is 0 Å². The Balaban J connectivity index is 2.35. The van der Waals surface area contributed by atoms with E-state index < -0.39 is 0 Å². The number of hydrogen-bond acceptors (Lipinski definition) is 4. The van der Waals surface area contributed by atoms with Crippen molar-refractivity contribution in [2.45, 2.75) is 40.5 Å². The van der Waals surface area contributed by atoms with Gasteiger partial charge in [0.15, 0.2) is 5.82 Å². The van der Waals surface area contributed by atoms with Crippen molar-refractivity contribution in [2.24, 2.45) is 0 Å². The summed E-state index contributed by atoms with van der Waals surface area (Å²) in [5, 5.41) is 3.35. The molecule has 0 fully saturated rings. The van der Waals surface area contributed by atoms with E-state index in [1.165, 1.54) is 11.1 Å². The van der Waals surface area contributed by atoms with Crippen LogP contribution in [0.4, 0.5) is 0 Å². The van der Waals surface area contributed by atoms with Gasteiger partial charge in [-0.3, -0.25) is 4.98 Å².